The first-order chi connectivity index (χ1) is 13.5. The molecule has 0 saturated heterocycles. The fraction of sp³-hybridized carbons (Fsp3) is 0.217. The molecule has 0 saturated carbocycles. The van der Waals surface area contributed by atoms with Crippen LogP contribution in [-0.4, -0.2) is 24.2 Å². The van der Waals surface area contributed by atoms with E-state index in [9.17, 15) is 9.59 Å². The molecule has 0 aliphatic carbocycles. The van der Waals surface area contributed by atoms with Crippen LogP contribution in [0.25, 0.3) is 10.8 Å². The van der Waals surface area contributed by atoms with Crippen molar-refractivity contribution in [3.63, 3.8) is 0 Å². The summed E-state index contributed by atoms with van der Waals surface area (Å²) in [6.45, 7) is 3.73. The second-order valence-corrected chi connectivity index (χ2v) is 7.96. The van der Waals surface area contributed by atoms with Crippen LogP contribution in [-0.2, 0) is 9.53 Å². The minimum atomic E-state index is -0.392. The number of ether oxygens (including phenoxy) is 1. The van der Waals surface area contributed by atoms with E-state index in [0.29, 0.717) is 5.56 Å². The molecule has 0 aromatic heterocycles. The maximum atomic E-state index is 12.9. The van der Waals surface area contributed by atoms with E-state index in [2.05, 4.69) is 29.6 Å². The van der Waals surface area contributed by atoms with Gasteiger partial charge in [-0.3, -0.25) is 9.59 Å². The summed E-state index contributed by atoms with van der Waals surface area (Å²) in [6, 6.07) is 21.5. The number of amides is 1. The Balaban J connectivity index is 1.77. The zero-order valence-corrected chi connectivity index (χ0v) is 17.0. The molecule has 0 spiro atoms. The van der Waals surface area contributed by atoms with Crippen molar-refractivity contribution in [3.8, 4) is 0 Å². The van der Waals surface area contributed by atoms with Crippen molar-refractivity contribution < 1.29 is 14.3 Å². The smallest absolute Gasteiger partial charge is 0.318 e. The molecule has 0 aliphatic heterocycles. The predicted molar refractivity (Wildman–Crippen MR) is 114 cm³/mol. The Morgan fingerprint density at radius 3 is 2.36 bits per heavy atom. The zero-order chi connectivity index (χ0) is 20.1. The summed E-state index contributed by atoms with van der Waals surface area (Å²) in [5.74, 6) is -0.481. The highest BCUT2D eigenvalue weighted by molar-refractivity contribution is 8.00. The van der Waals surface area contributed by atoms with E-state index >= 15 is 0 Å². The molecule has 4 nitrogen and oxygen atoms in total. The largest absolute Gasteiger partial charge is 0.468 e. The van der Waals surface area contributed by atoms with Crippen LogP contribution < -0.4 is 5.32 Å². The van der Waals surface area contributed by atoms with Crippen LogP contribution in [0.3, 0.4) is 0 Å². The number of thioether (sulfide) groups is 1. The van der Waals surface area contributed by atoms with Gasteiger partial charge in [0.05, 0.1) is 18.7 Å². The van der Waals surface area contributed by atoms with Crippen molar-refractivity contribution in [2.75, 3.05) is 7.11 Å². The Morgan fingerprint density at radius 1 is 0.929 bits per heavy atom. The van der Waals surface area contributed by atoms with Crippen LogP contribution in [0.15, 0.2) is 71.6 Å². The van der Waals surface area contributed by atoms with Crippen LogP contribution in [0.4, 0.5) is 0 Å². The quantitative estimate of drug-likeness (QED) is 0.474. The molecule has 28 heavy (non-hydrogen) atoms. The average Bonchev–Trinajstić information content (AvgIpc) is 2.72. The highest BCUT2D eigenvalue weighted by Gasteiger charge is 2.20. The zero-order valence-electron chi connectivity index (χ0n) is 16.1. The van der Waals surface area contributed by atoms with Crippen LogP contribution in [0.5, 0.6) is 0 Å². The van der Waals surface area contributed by atoms with Gasteiger partial charge in [-0.1, -0.05) is 48.5 Å². The van der Waals surface area contributed by atoms with Gasteiger partial charge in [0, 0.05) is 4.90 Å². The molecule has 0 bridgehead atoms. The fourth-order valence-electron chi connectivity index (χ4n) is 3.00. The molecule has 1 N–H and O–H groups in total. The number of methoxy groups -OCH3 is 1. The van der Waals surface area contributed by atoms with Gasteiger partial charge in [-0.25, -0.2) is 0 Å². The molecule has 2 unspecified atom stereocenters. The molecule has 144 valence electrons. The fourth-order valence-corrected chi connectivity index (χ4v) is 4.01. The minimum absolute atomic E-state index is 0.145. The summed E-state index contributed by atoms with van der Waals surface area (Å²) in [6.07, 6.45) is 0. The number of nitrogens with one attached hydrogen (secondary N) is 1. The molecule has 5 heteroatoms. The topological polar surface area (TPSA) is 55.4 Å². The first kappa shape index (κ1) is 20.0. The van der Waals surface area contributed by atoms with Crippen molar-refractivity contribution in [2.24, 2.45) is 0 Å². The maximum Gasteiger partial charge on any atom is 0.318 e. The van der Waals surface area contributed by atoms with E-state index in [1.54, 1.807) is 13.0 Å². The van der Waals surface area contributed by atoms with Crippen molar-refractivity contribution in [1.82, 2.24) is 5.32 Å². The Hall–Kier alpha value is -2.79. The normalized spacial score (nSPS) is 13.0. The number of carbonyl (C=O) groups excluding carboxylic acids is 2. The van der Waals surface area contributed by atoms with E-state index < -0.39 is 5.25 Å². The molecule has 0 aliphatic rings. The first-order valence-electron chi connectivity index (χ1n) is 9.12. The van der Waals surface area contributed by atoms with Crippen molar-refractivity contribution in [1.29, 1.82) is 0 Å². The third-order valence-electron chi connectivity index (χ3n) is 4.59. The lowest BCUT2D eigenvalue weighted by atomic mass is 10.0. The average molecular weight is 394 g/mol. The monoisotopic (exact) mass is 393 g/mol. The summed E-state index contributed by atoms with van der Waals surface area (Å²) in [5.41, 5.74) is 1.59. The van der Waals surface area contributed by atoms with Gasteiger partial charge in [-0.15, -0.1) is 11.8 Å². The van der Waals surface area contributed by atoms with Crippen molar-refractivity contribution in [2.45, 2.75) is 30.0 Å². The van der Waals surface area contributed by atoms with Crippen LogP contribution >= 0.6 is 11.8 Å². The summed E-state index contributed by atoms with van der Waals surface area (Å²) < 4.78 is 4.78. The van der Waals surface area contributed by atoms with Gasteiger partial charge in [0.2, 0.25) is 0 Å². The Bertz CT molecular complexity index is 1000. The Kier molecular flexibility index (Phi) is 6.37. The molecular weight excluding hydrogens is 370 g/mol. The van der Waals surface area contributed by atoms with Crippen LogP contribution in [0.2, 0.25) is 0 Å². The molecule has 1 amide bonds. The van der Waals surface area contributed by atoms with E-state index in [1.807, 2.05) is 43.3 Å². The van der Waals surface area contributed by atoms with E-state index in [0.717, 1.165) is 15.8 Å². The van der Waals surface area contributed by atoms with Crippen molar-refractivity contribution in [3.05, 3.63) is 77.9 Å². The number of rotatable bonds is 6. The summed E-state index contributed by atoms with van der Waals surface area (Å²) in [7, 11) is 1.36. The Morgan fingerprint density at radius 2 is 1.61 bits per heavy atom. The number of benzene rings is 3. The molecule has 3 rings (SSSR count). The summed E-state index contributed by atoms with van der Waals surface area (Å²) in [4.78, 5) is 25.4. The second-order valence-electron chi connectivity index (χ2n) is 6.58. The van der Waals surface area contributed by atoms with Gasteiger partial charge < -0.3 is 10.1 Å². The number of hydrogen-bond donors (Lipinski definition) is 1. The van der Waals surface area contributed by atoms with Gasteiger partial charge in [-0.05, 0) is 48.4 Å². The molecule has 3 aromatic carbocycles. The molecule has 0 heterocycles. The maximum absolute atomic E-state index is 12.9. The van der Waals surface area contributed by atoms with Gasteiger partial charge in [0.15, 0.2) is 0 Å². The van der Waals surface area contributed by atoms with Crippen molar-refractivity contribution >= 4 is 34.4 Å². The van der Waals surface area contributed by atoms with Crippen LogP contribution in [0, 0.1) is 0 Å². The van der Waals surface area contributed by atoms with Gasteiger partial charge in [0.1, 0.15) is 5.25 Å². The molecule has 0 fully saturated rings. The summed E-state index contributed by atoms with van der Waals surface area (Å²) in [5, 5.41) is 4.99. The number of esters is 1. The highest BCUT2D eigenvalue weighted by atomic mass is 32.2. The SMILES string of the molecule is COC(=O)C(C)Sc1ccccc1C(=O)NC(C)c1ccc2ccccc2c1. The van der Waals surface area contributed by atoms with E-state index in [4.69, 9.17) is 4.74 Å². The lowest BCUT2D eigenvalue weighted by molar-refractivity contribution is -0.139. The lowest BCUT2D eigenvalue weighted by Crippen LogP contribution is -2.27. The second kappa shape index (κ2) is 8.93. The van der Waals surface area contributed by atoms with Gasteiger partial charge >= 0.3 is 5.97 Å². The molecule has 3 aromatic rings. The third kappa shape index (κ3) is 4.54. The van der Waals surface area contributed by atoms with Crippen LogP contribution in [0.1, 0.15) is 35.8 Å². The predicted octanol–water partition coefficient (Wildman–Crippen LogP) is 4.98. The van der Waals surface area contributed by atoms with E-state index in [-0.39, 0.29) is 17.9 Å². The number of hydrogen-bond acceptors (Lipinski definition) is 4. The molecule has 0 radical (unpaired) electrons. The van der Waals surface area contributed by atoms with Gasteiger partial charge in [-0.2, -0.15) is 0 Å². The number of carbonyl (C=O) groups is 2. The third-order valence-corrected chi connectivity index (χ3v) is 5.75. The summed E-state index contributed by atoms with van der Waals surface area (Å²) >= 11 is 1.32. The Labute approximate surface area is 169 Å². The molecular formula is C23H23NO3S. The van der Waals surface area contributed by atoms with Gasteiger partial charge in [0.25, 0.3) is 5.91 Å². The minimum Gasteiger partial charge on any atom is -0.468 e. The highest BCUT2D eigenvalue weighted by Crippen LogP contribution is 2.28. The standard InChI is InChI=1S/C23H23NO3S/c1-15(18-13-12-17-8-4-5-9-19(17)14-18)24-22(25)20-10-6-7-11-21(20)28-16(2)23(26)27-3/h4-16H,1-3H3,(H,24,25). The van der Waals surface area contributed by atoms with E-state index in [1.165, 1.54) is 24.3 Å². The number of fused-ring (bicyclic) bond motifs is 1. The molecule has 2 atom stereocenters. The lowest BCUT2D eigenvalue weighted by Gasteiger charge is -2.17. The first-order valence-corrected chi connectivity index (χ1v) is 10.0.